The van der Waals surface area contributed by atoms with Crippen molar-refractivity contribution in [2.75, 3.05) is 0 Å². The molecule has 0 aromatic heterocycles. The second-order valence-corrected chi connectivity index (χ2v) is 12.5. The van der Waals surface area contributed by atoms with E-state index in [1.165, 1.54) is 0 Å². The molecule has 0 N–H and O–H groups in total. The maximum atomic E-state index is 11.0. The summed E-state index contributed by atoms with van der Waals surface area (Å²) in [4.78, 5) is 65.8. The molecule has 0 aliphatic carbocycles. The van der Waals surface area contributed by atoms with Gasteiger partial charge in [0.2, 0.25) is 0 Å². The fourth-order valence-corrected chi connectivity index (χ4v) is 9.03. The third kappa shape index (κ3) is 13.5. The molecule has 1 aliphatic rings. The molecule has 1 rings (SSSR count). The van der Waals surface area contributed by atoms with Crippen LogP contribution in [-0.2, 0) is 104 Å². The predicted molar refractivity (Wildman–Crippen MR) is 52.1 cm³/mol. The monoisotopic (exact) mass is 639 g/mol. The van der Waals surface area contributed by atoms with Crippen molar-refractivity contribution in [3.63, 3.8) is 0 Å². The van der Waals surface area contributed by atoms with Crippen LogP contribution in [0.25, 0.3) is 0 Å². The first kappa shape index (κ1) is 34.1. The molecule has 0 spiro atoms. The molecule has 0 bridgehead atoms. The molecule has 0 aromatic rings. The molecule has 1 saturated heterocycles. The summed E-state index contributed by atoms with van der Waals surface area (Å²) in [5, 5.41) is 0. The fourth-order valence-electron chi connectivity index (χ4n) is 0.824. The first-order valence-electron chi connectivity index (χ1n) is 4.38. The van der Waals surface area contributed by atoms with Gasteiger partial charge < -0.3 is 29.4 Å². The molecule has 0 amide bonds. The SMILES string of the molecule is O=P1([O-])OP(=O)([O-])OP(=O)([O-])OP(=O)([O-])OP(=O)([O-])OP(=O)([O-])O1.[Mn+2].[Mn+2].[Mn+2]. The van der Waals surface area contributed by atoms with Gasteiger partial charge in [-0.15, -0.1) is 0 Å². The average molecular weight is 639 g/mol. The van der Waals surface area contributed by atoms with Crippen molar-refractivity contribution in [3.05, 3.63) is 0 Å². The van der Waals surface area contributed by atoms with Crippen LogP contribution in [0.5, 0.6) is 0 Å². The maximum Gasteiger partial charge on any atom is 2.00 e. The van der Waals surface area contributed by atoms with Crippen molar-refractivity contribution in [2.24, 2.45) is 0 Å². The van der Waals surface area contributed by atoms with Gasteiger partial charge in [-0.2, -0.15) is 0 Å². The van der Waals surface area contributed by atoms with Gasteiger partial charge in [0, 0.05) is 0 Å². The zero-order valence-electron chi connectivity index (χ0n) is 11.2. The Morgan fingerprint density at radius 1 is 0.333 bits per heavy atom. The van der Waals surface area contributed by atoms with E-state index >= 15 is 0 Å². The van der Waals surface area contributed by atoms with Gasteiger partial charge in [0.25, 0.3) is 46.9 Å². The molecule has 0 atom stereocenters. The number of rotatable bonds is 0. The Morgan fingerprint density at radius 2 is 0.407 bits per heavy atom. The van der Waals surface area contributed by atoms with Gasteiger partial charge in [0.05, 0.1) is 0 Å². The molecule has 1 fully saturated rings. The van der Waals surface area contributed by atoms with Crippen molar-refractivity contribution in [2.45, 2.75) is 0 Å². The molecule has 1 aliphatic heterocycles. The van der Waals surface area contributed by atoms with Gasteiger partial charge in [-0.1, -0.05) is 0 Å². The van der Waals surface area contributed by atoms with E-state index in [0.717, 1.165) is 0 Å². The van der Waals surface area contributed by atoms with E-state index < -0.39 is 46.9 Å². The van der Waals surface area contributed by atoms with E-state index in [4.69, 9.17) is 0 Å². The van der Waals surface area contributed by atoms with E-state index in [1.807, 2.05) is 0 Å². The normalized spacial score (nSPS) is 49.1. The van der Waals surface area contributed by atoms with Crippen LogP contribution in [0.1, 0.15) is 0 Å². The van der Waals surface area contributed by atoms with Crippen LogP contribution in [0.3, 0.4) is 0 Å². The van der Waals surface area contributed by atoms with Crippen LogP contribution in [0, 0.1) is 0 Å². The Labute approximate surface area is 180 Å². The van der Waals surface area contributed by atoms with Crippen LogP contribution in [0.4, 0.5) is 0 Å². The van der Waals surface area contributed by atoms with E-state index in [-0.39, 0.29) is 51.2 Å². The first-order chi connectivity index (χ1) is 10.2. The van der Waals surface area contributed by atoms with Gasteiger partial charge in [-0.3, -0.25) is 27.4 Å². The summed E-state index contributed by atoms with van der Waals surface area (Å²) in [5.41, 5.74) is 0. The molecular weight excluding hydrogens is 639 g/mol. The number of hydrogen-bond donors (Lipinski definition) is 0. The van der Waals surface area contributed by atoms with Crippen molar-refractivity contribution in [1.82, 2.24) is 0 Å². The van der Waals surface area contributed by atoms with Gasteiger partial charge in [-0.05, 0) is 0 Å². The summed E-state index contributed by atoms with van der Waals surface area (Å²) in [6.07, 6.45) is 0. The number of hydrogen-bond acceptors (Lipinski definition) is 18. The summed E-state index contributed by atoms with van der Waals surface area (Å²) in [6, 6.07) is 0. The summed E-state index contributed by atoms with van der Waals surface area (Å²) in [5.74, 6) is 0. The molecule has 18 nitrogen and oxygen atoms in total. The van der Waals surface area contributed by atoms with Gasteiger partial charge in [0.15, 0.2) is 0 Å². The second-order valence-electron chi connectivity index (χ2n) is 3.17. The third-order valence-electron chi connectivity index (χ3n) is 1.20. The van der Waals surface area contributed by atoms with E-state index in [9.17, 15) is 56.8 Å². The van der Waals surface area contributed by atoms with E-state index in [2.05, 4.69) is 25.9 Å². The molecule has 27 heavy (non-hydrogen) atoms. The molecule has 0 saturated carbocycles. The Morgan fingerprint density at radius 3 is 0.481 bits per heavy atom. The Hall–Kier alpha value is 2.46. The largest absolute Gasteiger partial charge is 2.00 e. The summed E-state index contributed by atoms with van der Waals surface area (Å²) >= 11 is 0. The minimum absolute atomic E-state index is 0. The fraction of sp³-hybridized carbons (Fsp3) is 0. The maximum absolute atomic E-state index is 11.0. The van der Waals surface area contributed by atoms with Crippen LogP contribution in [0.15, 0.2) is 0 Å². The zero-order chi connectivity index (χ0) is 19.2. The van der Waals surface area contributed by atoms with Crippen LogP contribution in [0.2, 0.25) is 0 Å². The second kappa shape index (κ2) is 10.9. The summed E-state index contributed by atoms with van der Waals surface area (Å²) < 4.78 is 83.4. The predicted octanol–water partition coefficient (Wildman–Crippen LogP) is -3.10. The van der Waals surface area contributed by atoms with Crippen molar-refractivity contribution >= 4 is 46.9 Å². The first-order valence-corrected chi connectivity index (χ1v) is 13.1. The number of phosphoric acid groups is 6. The van der Waals surface area contributed by atoms with Crippen molar-refractivity contribution < 1.29 is 134 Å². The van der Waals surface area contributed by atoms with E-state index in [1.54, 1.807) is 0 Å². The summed E-state index contributed by atoms with van der Waals surface area (Å²) in [7, 11) is -39.3. The standard InChI is InChI=1S/3Mn.H6O18P6/c;;;1-19(2)13-20(3,4)15-22(7,8)17-24(11,12)18-23(9,10)16-21(5,6)14-19/h;;;(H,1,2)(H,3,4)(H,5,6)(H,7,8)(H,9,10)(H,11,12)/q3*+2;/p-6. The zero-order valence-corrected chi connectivity index (χ0v) is 20.1. The molecule has 159 valence electrons. The van der Waals surface area contributed by atoms with Gasteiger partial charge in [-0.25, -0.2) is 25.9 Å². The molecule has 27 heteroatoms. The molecule has 3 radical (unpaired) electrons. The van der Waals surface area contributed by atoms with Crippen LogP contribution < -0.4 is 29.4 Å². The van der Waals surface area contributed by atoms with Crippen LogP contribution >= 0.6 is 46.9 Å². The molecule has 0 unspecified atom stereocenters. The Bertz CT molecular complexity index is 588. The molecular formula is Mn3O18P6. The Kier molecular flexibility index (Phi) is 13.7. The van der Waals surface area contributed by atoms with Crippen molar-refractivity contribution in [3.8, 4) is 0 Å². The molecule has 1 heterocycles. The quantitative estimate of drug-likeness (QED) is 0.187. The van der Waals surface area contributed by atoms with Crippen molar-refractivity contribution in [1.29, 1.82) is 0 Å². The molecule has 0 aromatic carbocycles. The average Bonchev–Trinajstić information content (AvgIpc) is 1.98. The Balaban J connectivity index is -0.00000192. The van der Waals surface area contributed by atoms with Gasteiger partial charge in [0.1, 0.15) is 0 Å². The minimum Gasteiger partial charge on any atom is -0.756 e. The topological polar surface area (TPSA) is 296 Å². The summed E-state index contributed by atoms with van der Waals surface area (Å²) in [6.45, 7) is 0. The third-order valence-corrected chi connectivity index (χ3v) is 10.8. The van der Waals surface area contributed by atoms with Crippen LogP contribution in [-0.4, -0.2) is 0 Å². The van der Waals surface area contributed by atoms with E-state index in [0.29, 0.717) is 0 Å². The smallest absolute Gasteiger partial charge is 0.756 e. The van der Waals surface area contributed by atoms with Gasteiger partial charge >= 0.3 is 51.2 Å². The minimum atomic E-state index is -6.56.